The minimum absolute atomic E-state index is 0.0681. The molecular formula is C29H31F2N5O6S2. The molecule has 3 heterocycles. The molecule has 0 radical (unpaired) electrons. The van der Waals surface area contributed by atoms with Gasteiger partial charge in [0, 0.05) is 42.0 Å². The second-order valence-electron chi connectivity index (χ2n) is 10.3. The fourth-order valence-corrected chi connectivity index (χ4v) is 7.70. The van der Waals surface area contributed by atoms with Crippen molar-refractivity contribution in [2.45, 2.75) is 44.1 Å². The van der Waals surface area contributed by atoms with Gasteiger partial charge in [-0.05, 0) is 62.1 Å². The smallest absolute Gasteiger partial charge is 0.264 e. The first-order valence-electron chi connectivity index (χ1n) is 13.8. The lowest BCUT2D eigenvalue weighted by Crippen LogP contribution is -2.42. The molecule has 0 atom stereocenters. The quantitative estimate of drug-likeness (QED) is 0.260. The molecule has 15 heteroatoms. The Balaban J connectivity index is 1.48. The highest BCUT2D eigenvalue weighted by Crippen LogP contribution is 2.36. The van der Waals surface area contributed by atoms with E-state index in [0.29, 0.717) is 71.9 Å². The molecule has 1 fully saturated rings. The predicted octanol–water partition coefficient (Wildman–Crippen LogP) is 4.67. The van der Waals surface area contributed by atoms with Crippen LogP contribution in [0, 0.1) is 18.6 Å². The number of anilines is 1. The third kappa shape index (κ3) is 6.59. The molecule has 1 saturated heterocycles. The van der Waals surface area contributed by atoms with E-state index in [-0.39, 0.29) is 23.4 Å². The Hall–Kier alpha value is -3.95. The number of hydrogen-bond donors (Lipinski definition) is 1. The van der Waals surface area contributed by atoms with Crippen molar-refractivity contribution in [1.29, 1.82) is 0 Å². The second kappa shape index (κ2) is 12.6. The van der Waals surface area contributed by atoms with Crippen LogP contribution in [0.1, 0.15) is 31.9 Å². The van der Waals surface area contributed by atoms with E-state index in [0.717, 1.165) is 12.1 Å². The van der Waals surface area contributed by atoms with E-state index < -0.39 is 36.6 Å². The number of rotatable bonds is 10. The van der Waals surface area contributed by atoms with Crippen molar-refractivity contribution in [3.05, 3.63) is 66.3 Å². The number of methoxy groups -OCH3 is 1. The highest BCUT2D eigenvalue weighted by atomic mass is 32.2. The van der Waals surface area contributed by atoms with Gasteiger partial charge in [0.1, 0.15) is 45.9 Å². The number of sulfonamides is 2. The molecule has 0 bridgehead atoms. The highest BCUT2D eigenvalue weighted by molar-refractivity contribution is 7.92. The summed E-state index contributed by atoms with van der Waals surface area (Å²) in [4.78, 5) is 12.2. The number of fused-ring (bicyclic) bond motifs is 1. The molecule has 4 aromatic rings. The van der Waals surface area contributed by atoms with Crippen LogP contribution >= 0.6 is 0 Å². The minimum atomic E-state index is -4.48. The maximum absolute atomic E-state index is 14.3. The summed E-state index contributed by atoms with van der Waals surface area (Å²) in [5.74, 6) is -1.68. The third-order valence-electron chi connectivity index (χ3n) is 7.26. The van der Waals surface area contributed by atoms with Crippen molar-refractivity contribution in [2.75, 3.05) is 30.7 Å². The molecule has 0 spiro atoms. The van der Waals surface area contributed by atoms with Crippen LogP contribution in [0.25, 0.3) is 22.0 Å². The van der Waals surface area contributed by atoms with Crippen molar-refractivity contribution in [2.24, 2.45) is 0 Å². The first-order chi connectivity index (χ1) is 20.9. The van der Waals surface area contributed by atoms with Crippen LogP contribution in [-0.4, -0.2) is 68.1 Å². The predicted molar refractivity (Wildman–Crippen MR) is 161 cm³/mol. The van der Waals surface area contributed by atoms with Crippen molar-refractivity contribution in [3.8, 4) is 22.8 Å². The van der Waals surface area contributed by atoms with Gasteiger partial charge in [-0.2, -0.15) is 0 Å². The number of piperidine rings is 1. The lowest BCUT2D eigenvalue weighted by atomic mass is 10.0. The molecular weight excluding hydrogens is 616 g/mol. The molecule has 5 rings (SSSR count). The van der Waals surface area contributed by atoms with E-state index in [1.165, 1.54) is 30.0 Å². The number of aromatic nitrogens is 3. The van der Waals surface area contributed by atoms with Crippen LogP contribution in [0.15, 0.2) is 53.8 Å². The molecule has 11 nitrogen and oxygen atoms in total. The van der Waals surface area contributed by atoms with Crippen molar-refractivity contribution >= 4 is 36.6 Å². The first-order valence-corrected chi connectivity index (χ1v) is 16.9. The van der Waals surface area contributed by atoms with E-state index >= 15 is 0 Å². The van der Waals surface area contributed by atoms with Crippen LogP contribution in [0.3, 0.4) is 0 Å². The first kappa shape index (κ1) is 31.5. The summed E-state index contributed by atoms with van der Waals surface area (Å²) in [6, 6.07) is 7.20. The second-order valence-corrected chi connectivity index (χ2v) is 14.1. The Morgan fingerprint density at radius 1 is 1.00 bits per heavy atom. The zero-order valence-corrected chi connectivity index (χ0v) is 25.9. The Labute approximate surface area is 254 Å². The fourth-order valence-electron chi connectivity index (χ4n) is 5.05. The van der Waals surface area contributed by atoms with E-state index in [9.17, 15) is 25.6 Å². The van der Waals surface area contributed by atoms with E-state index in [1.807, 2.05) is 19.9 Å². The average molecular weight is 648 g/mol. The van der Waals surface area contributed by atoms with Crippen LogP contribution in [0.4, 0.5) is 14.5 Å². The molecule has 234 valence electrons. The van der Waals surface area contributed by atoms with Crippen LogP contribution in [-0.2, 0) is 20.0 Å². The van der Waals surface area contributed by atoms with Gasteiger partial charge in [0.05, 0.1) is 12.9 Å². The van der Waals surface area contributed by atoms with Gasteiger partial charge < -0.3 is 9.47 Å². The average Bonchev–Trinajstić information content (AvgIpc) is 2.97. The molecule has 1 aliphatic heterocycles. The summed E-state index contributed by atoms with van der Waals surface area (Å²) in [6.07, 6.45) is 4.18. The monoisotopic (exact) mass is 647 g/mol. The number of halogens is 2. The molecule has 44 heavy (non-hydrogen) atoms. The standard InChI is InChI=1S/C29H31F2N5O6S2/c1-4-11-43(37,38)36-9-7-22(8-10-36)42-26-14-19(12-23-18(2)33-17-34-28(23)26)20-13-25(29(41-3)32-16-20)35-44(39,40)27-6-5-21(30)15-24(27)31/h5-6,12-17,22,35H,4,7-11H2,1-3H3. The summed E-state index contributed by atoms with van der Waals surface area (Å²) >= 11 is 0. The third-order valence-corrected chi connectivity index (χ3v) is 10.7. The van der Waals surface area contributed by atoms with Gasteiger partial charge in [0.25, 0.3) is 10.0 Å². The molecule has 0 saturated carbocycles. The molecule has 0 unspecified atom stereocenters. The maximum Gasteiger partial charge on any atom is 0.264 e. The zero-order valence-electron chi connectivity index (χ0n) is 24.2. The highest BCUT2D eigenvalue weighted by Gasteiger charge is 2.29. The van der Waals surface area contributed by atoms with Gasteiger partial charge in [0.15, 0.2) is 0 Å². The largest absolute Gasteiger partial charge is 0.488 e. The number of nitrogens with one attached hydrogen (secondary N) is 1. The minimum Gasteiger partial charge on any atom is -0.488 e. The van der Waals surface area contributed by atoms with Crippen molar-refractivity contribution < 1.29 is 35.1 Å². The SMILES string of the molecule is CCCS(=O)(=O)N1CCC(Oc2cc(-c3cnc(OC)c(NS(=O)(=O)c4ccc(F)cc4F)c3)cc3c(C)ncnc23)CC1. The summed E-state index contributed by atoms with van der Waals surface area (Å²) < 4.78 is 94.3. The molecule has 0 amide bonds. The molecule has 0 aliphatic carbocycles. The number of aryl methyl sites for hydroxylation is 1. The van der Waals surface area contributed by atoms with Gasteiger partial charge in [-0.3, -0.25) is 4.72 Å². The van der Waals surface area contributed by atoms with Crippen molar-refractivity contribution in [3.63, 3.8) is 0 Å². The molecule has 1 N–H and O–H groups in total. The zero-order chi connectivity index (χ0) is 31.6. The topological polar surface area (TPSA) is 141 Å². The van der Waals surface area contributed by atoms with Gasteiger partial charge in [-0.25, -0.2) is 44.9 Å². The normalized spacial score (nSPS) is 14.9. The van der Waals surface area contributed by atoms with Gasteiger partial charge in [-0.15, -0.1) is 0 Å². The van der Waals surface area contributed by atoms with E-state index in [4.69, 9.17) is 9.47 Å². The van der Waals surface area contributed by atoms with Gasteiger partial charge in [-0.1, -0.05) is 6.92 Å². The van der Waals surface area contributed by atoms with E-state index in [1.54, 1.807) is 6.07 Å². The molecule has 1 aliphatic rings. The maximum atomic E-state index is 14.3. The fraction of sp³-hybridized carbons (Fsp3) is 0.345. The van der Waals surface area contributed by atoms with Crippen LogP contribution in [0.2, 0.25) is 0 Å². The van der Waals surface area contributed by atoms with Crippen molar-refractivity contribution in [1.82, 2.24) is 19.3 Å². The van der Waals surface area contributed by atoms with Crippen LogP contribution < -0.4 is 14.2 Å². The Kier molecular flexibility index (Phi) is 9.00. The number of ether oxygens (including phenoxy) is 2. The number of benzene rings is 2. The van der Waals surface area contributed by atoms with Gasteiger partial charge in [0.2, 0.25) is 15.9 Å². The Morgan fingerprint density at radius 2 is 1.75 bits per heavy atom. The summed E-state index contributed by atoms with van der Waals surface area (Å²) in [5, 5.41) is 0.689. The van der Waals surface area contributed by atoms with Gasteiger partial charge >= 0.3 is 0 Å². The lowest BCUT2D eigenvalue weighted by Gasteiger charge is -2.31. The summed E-state index contributed by atoms with van der Waals surface area (Å²) in [5.41, 5.74) is 2.24. The lowest BCUT2D eigenvalue weighted by molar-refractivity contribution is 0.136. The Bertz CT molecular complexity index is 1920. The number of hydrogen-bond acceptors (Lipinski definition) is 9. The Morgan fingerprint density at radius 3 is 2.43 bits per heavy atom. The molecule has 2 aromatic heterocycles. The van der Waals surface area contributed by atoms with Crippen LogP contribution in [0.5, 0.6) is 11.6 Å². The number of pyridine rings is 1. The van der Waals surface area contributed by atoms with E-state index in [2.05, 4.69) is 19.7 Å². The summed E-state index contributed by atoms with van der Waals surface area (Å²) in [7, 11) is -6.48. The molecule has 2 aromatic carbocycles. The number of nitrogens with zero attached hydrogens (tertiary/aromatic N) is 4. The summed E-state index contributed by atoms with van der Waals surface area (Å²) in [6.45, 7) is 4.34.